The Balaban J connectivity index is 1.60. The number of anilines is 1. The molecule has 2 N–H and O–H groups in total. The quantitative estimate of drug-likeness (QED) is 0.912. The highest BCUT2D eigenvalue weighted by Crippen LogP contribution is 2.23. The topological polar surface area (TPSA) is 58.2 Å². The van der Waals surface area contributed by atoms with E-state index in [-0.39, 0.29) is 17.6 Å². The Morgan fingerprint density at radius 1 is 1.17 bits per heavy atom. The normalized spacial score (nSPS) is 13.2. The van der Waals surface area contributed by atoms with Gasteiger partial charge in [-0.1, -0.05) is 18.2 Å². The largest absolute Gasteiger partial charge is 0.352 e. The first-order chi connectivity index (χ1) is 11.1. The van der Waals surface area contributed by atoms with E-state index in [0.29, 0.717) is 36.9 Å². The predicted octanol–water partition coefficient (Wildman–Crippen LogP) is 2.68. The number of nitrogens with one attached hydrogen (secondary N) is 2. The highest BCUT2D eigenvalue weighted by molar-refractivity contribution is 5.97. The molecule has 4 nitrogen and oxygen atoms in total. The molecule has 3 rings (SSSR count). The second-order valence-corrected chi connectivity index (χ2v) is 5.52. The summed E-state index contributed by atoms with van der Waals surface area (Å²) in [5, 5.41) is 5.58. The van der Waals surface area contributed by atoms with Gasteiger partial charge in [-0.05, 0) is 48.2 Å². The Morgan fingerprint density at radius 3 is 2.83 bits per heavy atom. The van der Waals surface area contributed by atoms with Crippen molar-refractivity contribution in [3.63, 3.8) is 0 Å². The van der Waals surface area contributed by atoms with Gasteiger partial charge in [0.05, 0.1) is 0 Å². The standard InChI is InChI=1S/C18H17FN2O2/c19-15-4-2-1-3-12(15)9-10-20-18(23)14-5-7-16-13(11-14)6-8-17(22)21-16/h1-5,7,11H,6,8-10H2,(H,20,23)(H,21,22). The van der Waals surface area contributed by atoms with E-state index in [2.05, 4.69) is 10.6 Å². The van der Waals surface area contributed by atoms with Gasteiger partial charge in [-0.25, -0.2) is 4.39 Å². The van der Waals surface area contributed by atoms with Gasteiger partial charge in [-0.15, -0.1) is 0 Å². The first kappa shape index (κ1) is 15.2. The van der Waals surface area contributed by atoms with E-state index in [0.717, 1.165) is 11.3 Å². The molecular weight excluding hydrogens is 295 g/mol. The molecular formula is C18H17FN2O2. The number of benzene rings is 2. The molecule has 2 aromatic carbocycles. The van der Waals surface area contributed by atoms with Crippen LogP contribution >= 0.6 is 0 Å². The van der Waals surface area contributed by atoms with E-state index in [9.17, 15) is 14.0 Å². The summed E-state index contributed by atoms with van der Waals surface area (Å²) in [7, 11) is 0. The van der Waals surface area contributed by atoms with Gasteiger partial charge in [0.2, 0.25) is 5.91 Å². The Labute approximate surface area is 133 Å². The van der Waals surface area contributed by atoms with E-state index < -0.39 is 0 Å². The lowest BCUT2D eigenvalue weighted by molar-refractivity contribution is -0.116. The van der Waals surface area contributed by atoms with Gasteiger partial charge in [-0.3, -0.25) is 9.59 Å². The highest BCUT2D eigenvalue weighted by atomic mass is 19.1. The number of hydrogen-bond donors (Lipinski definition) is 2. The molecule has 0 aliphatic carbocycles. The summed E-state index contributed by atoms with van der Waals surface area (Å²) in [4.78, 5) is 23.5. The molecule has 5 heteroatoms. The summed E-state index contributed by atoms with van der Waals surface area (Å²) in [6.45, 7) is 0.369. The van der Waals surface area contributed by atoms with Gasteiger partial charge in [0.15, 0.2) is 0 Å². The molecule has 1 aliphatic heterocycles. The zero-order valence-electron chi connectivity index (χ0n) is 12.6. The maximum atomic E-state index is 13.5. The highest BCUT2D eigenvalue weighted by Gasteiger charge is 2.16. The average Bonchev–Trinajstić information content (AvgIpc) is 2.56. The predicted molar refractivity (Wildman–Crippen MR) is 85.8 cm³/mol. The molecule has 0 atom stereocenters. The number of carbonyl (C=O) groups is 2. The summed E-state index contributed by atoms with van der Waals surface area (Å²) in [5.74, 6) is -0.452. The number of amides is 2. The van der Waals surface area contributed by atoms with Crippen molar-refractivity contribution >= 4 is 17.5 Å². The summed E-state index contributed by atoms with van der Waals surface area (Å²) in [6.07, 6.45) is 1.52. The van der Waals surface area contributed by atoms with Gasteiger partial charge in [0, 0.05) is 24.2 Å². The molecule has 2 amide bonds. The van der Waals surface area contributed by atoms with Crippen molar-refractivity contribution in [1.82, 2.24) is 5.32 Å². The number of aryl methyl sites for hydroxylation is 1. The third kappa shape index (κ3) is 3.56. The fourth-order valence-electron chi connectivity index (χ4n) is 2.64. The summed E-state index contributed by atoms with van der Waals surface area (Å²) >= 11 is 0. The minimum absolute atomic E-state index is 0.000380. The summed E-state index contributed by atoms with van der Waals surface area (Å²) in [6, 6.07) is 11.8. The van der Waals surface area contributed by atoms with Crippen molar-refractivity contribution in [2.75, 3.05) is 11.9 Å². The monoisotopic (exact) mass is 312 g/mol. The number of carbonyl (C=O) groups excluding carboxylic acids is 2. The molecule has 0 fully saturated rings. The molecule has 0 saturated carbocycles. The van der Waals surface area contributed by atoms with Crippen LogP contribution in [0.4, 0.5) is 10.1 Å². The SMILES string of the molecule is O=C1CCc2cc(C(=O)NCCc3ccccc3F)ccc2N1. The fourth-order valence-corrected chi connectivity index (χ4v) is 2.64. The number of halogens is 1. The van der Waals surface area contributed by atoms with Gasteiger partial charge in [-0.2, -0.15) is 0 Å². The maximum absolute atomic E-state index is 13.5. The molecule has 2 aromatic rings. The van der Waals surface area contributed by atoms with Crippen LogP contribution in [0.5, 0.6) is 0 Å². The number of hydrogen-bond acceptors (Lipinski definition) is 2. The molecule has 118 valence electrons. The fraction of sp³-hybridized carbons (Fsp3) is 0.222. The molecule has 0 saturated heterocycles. The molecule has 0 spiro atoms. The Bertz CT molecular complexity index is 758. The van der Waals surface area contributed by atoms with Crippen LogP contribution < -0.4 is 10.6 Å². The van der Waals surface area contributed by atoms with Crippen LogP contribution in [0.2, 0.25) is 0 Å². The second kappa shape index (κ2) is 6.60. The van der Waals surface area contributed by atoms with Gasteiger partial charge >= 0.3 is 0 Å². The maximum Gasteiger partial charge on any atom is 0.251 e. The zero-order valence-corrected chi connectivity index (χ0v) is 12.6. The Hall–Kier alpha value is -2.69. The number of fused-ring (bicyclic) bond motifs is 1. The molecule has 0 aromatic heterocycles. The van der Waals surface area contributed by atoms with Crippen molar-refractivity contribution in [2.45, 2.75) is 19.3 Å². The van der Waals surface area contributed by atoms with Crippen molar-refractivity contribution in [3.8, 4) is 0 Å². The van der Waals surface area contributed by atoms with E-state index in [4.69, 9.17) is 0 Å². The van der Waals surface area contributed by atoms with E-state index in [1.165, 1.54) is 6.07 Å². The molecule has 0 radical (unpaired) electrons. The van der Waals surface area contributed by atoms with E-state index in [1.54, 1.807) is 36.4 Å². The van der Waals surface area contributed by atoms with Gasteiger partial charge < -0.3 is 10.6 Å². The molecule has 1 heterocycles. The summed E-state index contributed by atoms with van der Waals surface area (Å²) < 4.78 is 13.5. The minimum Gasteiger partial charge on any atom is -0.352 e. The van der Waals surface area contributed by atoms with Crippen molar-refractivity contribution in [2.24, 2.45) is 0 Å². The lowest BCUT2D eigenvalue weighted by Gasteiger charge is -2.17. The third-order valence-electron chi connectivity index (χ3n) is 3.90. The first-order valence-corrected chi connectivity index (χ1v) is 7.58. The van der Waals surface area contributed by atoms with E-state index >= 15 is 0 Å². The molecule has 0 bridgehead atoms. The van der Waals surface area contributed by atoms with E-state index in [1.807, 2.05) is 0 Å². The van der Waals surface area contributed by atoms with Gasteiger partial charge in [0.25, 0.3) is 5.91 Å². The Kier molecular flexibility index (Phi) is 4.37. The Morgan fingerprint density at radius 2 is 2.00 bits per heavy atom. The van der Waals surface area contributed by atoms with Crippen LogP contribution in [0.25, 0.3) is 0 Å². The van der Waals surface area contributed by atoms with Crippen LogP contribution in [0.15, 0.2) is 42.5 Å². The lowest BCUT2D eigenvalue weighted by atomic mass is 10.00. The average molecular weight is 312 g/mol. The van der Waals surface area contributed by atoms with Crippen LogP contribution in [0.1, 0.15) is 27.9 Å². The second-order valence-electron chi connectivity index (χ2n) is 5.52. The molecule has 0 unspecified atom stereocenters. The van der Waals surface area contributed by atoms with Crippen LogP contribution in [0.3, 0.4) is 0 Å². The zero-order chi connectivity index (χ0) is 16.2. The molecule has 1 aliphatic rings. The van der Waals surface area contributed by atoms with Crippen molar-refractivity contribution in [1.29, 1.82) is 0 Å². The third-order valence-corrected chi connectivity index (χ3v) is 3.90. The molecule has 23 heavy (non-hydrogen) atoms. The summed E-state index contributed by atoms with van der Waals surface area (Å²) in [5.41, 5.74) is 2.87. The lowest BCUT2D eigenvalue weighted by Crippen LogP contribution is -2.26. The van der Waals surface area contributed by atoms with Crippen LogP contribution in [0, 0.1) is 5.82 Å². The van der Waals surface area contributed by atoms with Gasteiger partial charge in [0.1, 0.15) is 5.82 Å². The van der Waals surface area contributed by atoms with Crippen molar-refractivity contribution in [3.05, 3.63) is 65.0 Å². The number of rotatable bonds is 4. The first-order valence-electron chi connectivity index (χ1n) is 7.58. The van der Waals surface area contributed by atoms with Crippen LogP contribution in [-0.4, -0.2) is 18.4 Å². The minimum atomic E-state index is -0.258. The smallest absolute Gasteiger partial charge is 0.251 e. The van der Waals surface area contributed by atoms with Crippen LogP contribution in [-0.2, 0) is 17.6 Å². The van der Waals surface area contributed by atoms with Crippen molar-refractivity contribution < 1.29 is 14.0 Å².